The van der Waals surface area contributed by atoms with E-state index in [4.69, 9.17) is 16.3 Å². The van der Waals surface area contributed by atoms with Crippen molar-refractivity contribution < 1.29 is 41.5 Å². The maximum absolute atomic E-state index is 13.8. The first-order valence-electron chi connectivity index (χ1n) is 18.9. The summed E-state index contributed by atoms with van der Waals surface area (Å²) in [5.41, 5.74) is -2.05. The normalized spacial score (nSPS) is 20.0. The molecule has 3 aromatic rings. The summed E-state index contributed by atoms with van der Waals surface area (Å²) in [6.45, 7) is 6.16. The monoisotopic (exact) mass is 858 g/mol. The van der Waals surface area contributed by atoms with Gasteiger partial charge in [-0.05, 0) is 80.4 Å². The molecule has 2 unspecified atom stereocenters. The molecule has 0 bridgehead atoms. The van der Waals surface area contributed by atoms with E-state index in [1.807, 2.05) is 4.90 Å². The van der Waals surface area contributed by atoms with Crippen LogP contribution in [0.25, 0.3) is 0 Å². The van der Waals surface area contributed by atoms with E-state index >= 15 is 0 Å². The molecular weight excluding hydrogens is 816 g/mol. The number of ether oxygens (including phenoxy) is 1. The number of nitrogens with zero attached hydrogens (tertiary/aromatic N) is 5. The number of nitrogens with one attached hydrogen (secondary N) is 3. The smallest absolute Gasteiger partial charge is 0.417 e. The number of aryl methyl sites for hydroxylation is 1. The SMILES string of the molecule is CC1(C)C(=O)N(c2ccc(C#N)c(C(F)(F)F)c2)C(S)N1c1ccc(OCCN2CCN(CC(=O)Nc3cc(Cl)cc(NC4CCC(=O)NC4=O)c3)CC2)c(CCF)c1. The van der Waals surface area contributed by atoms with Crippen LogP contribution in [0, 0.1) is 11.3 Å². The largest absolute Gasteiger partial charge is 0.492 e. The molecule has 3 fully saturated rings. The number of carbonyl (C=O) groups is 4. The fraction of sp³-hybridized carbons (Fsp3) is 0.425. The summed E-state index contributed by atoms with van der Waals surface area (Å²) in [5, 5.41) is 17.8. The molecule has 0 aromatic heterocycles. The molecule has 0 spiro atoms. The van der Waals surface area contributed by atoms with Crippen molar-refractivity contribution in [2.75, 3.05) is 73.0 Å². The van der Waals surface area contributed by atoms with Gasteiger partial charge in [0, 0.05) is 73.3 Å². The number of halogens is 5. The van der Waals surface area contributed by atoms with Crippen molar-refractivity contribution in [1.29, 1.82) is 5.26 Å². The third kappa shape index (κ3) is 10.0. The number of amides is 4. The number of anilines is 4. The summed E-state index contributed by atoms with van der Waals surface area (Å²) >= 11 is 10.9. The molecule has 3 saturated heterocycles. The molecular formula is C40H43ClF4N8O5S. The predicted octanol–water partition coefficient (Wildman–Crippen LogP) is 5.44. The van der Waals surface area contributed by atoms with Gasteiger partial charge in [-0.3, -0.25) is 43.6 Å². The maximum Gasteiger partial charge on any atom is 0.417 e. The van der Waals surface area contributed by atoms with Gasteiger partial charge in [-0.2, -0.15) is 18.4 Å². The minimum Gasteiger partial charge on any atom is -0.492 e. The van der Waals surface area contributed by atoms with Crippen LogP contribution in [0.5, 0.6) is 5.75 Å². The first-order valence-corrected chi connectivity index (χ1v) is 19.8. The van der Waals surface area contributed by atoms with Gasteiger partial charge in [0.15, 0.2) is 5.50 Å². The molecule has 4 amide bonds. The highest BCUT2D eigenvalue weighted by Crippen LogP contribution is 2.43. The van der Waals surface area contributed by atoms with Crippen LogP contribution in [0.1, 0.15) is 43.4 Å². The van der Waals surface area contributed by atoms with Crippen molar-refractivity contribution in [3.05, 3.63) is 76.3 Å². The number of piperidine rings is 1. The molecule has 19 heteroatoms. The van der Waals surface area contributed by atoms with Gasteiger partial charge in [-0.15, -0.1) is 12.6 Å². The van der Waals surface area contributed by atoms with Gasteiger partial charge in [0.25, 0.3) is 5.91 Å². The molecule has 3 heterocycles. The Kier molecular flexibility index (Phi) is 13.3. The summed E-state index contributed by atoms with van der Waals surface area (Å²) < 4.78 is 61.3. The van der Waals surface area contributed by atoms with E-state index < -0.39 is 52.9 Å². The average Bonchev–Trinajstić information content (AvgIpc) is 3.35. The zero-order chi connectivity index (χ0) is 42.6. The lowest BCUT2D eigenvalue weighted by atomic mass is 10.0. The van der Waals surface area contributed by atoms with E-state index in [0.717, 1.165) is 17.0 Å². The molecule has 59 heavy (non-hydrogen) atoms. The topological polar surface area (TPSA) is 150 Å². The lowest BCUT2D eigenvalue weighted by molar-refractivity contribution is -0.138. The van der Waals surface area contributed by atoms with Crippen LogP contribution in [0.15, 0.2) is 54.6 Å². The maximum atomic E-state index is 13.8. The minimum atomic E-state index is -4.82. The van der Waals surface area contributed by atoms with E-state index in [-0.39, 0.29) is 36.9 Å². The van der Waals surface area contributed by atoms with Gasteiger partial charge >= 0.3 is 6.18 Å². The number of hydrogen-bond acceptors (Lipinski definition) is 11. The van der Waals surface area contributed by atoms with Gasteiger partial charge in [-0.1, -0.05) is 11.6 Å². The third-order valence-electron chi connectivity index (χ3n) is 10.5. The van der Waals surface area contributed by atoms with E-state index in [1.165, 1.54) is 6.07 Å². The second kappa shape index (κ2) is 18.0. The predicted molar refractivity (Wildman–Crippen MR) is 217 cm³/mol. The molecule has 2 atom stereocenters. The first kappa shape index (κ1) is 43.5. The lowest BCUT2D eigenvalue weighted by Crippen LogP contribution is -2.49. The molecule has 13 nitrogen and oxygen atoms in total. The van der Waals surface area contributed by atoms with Crippen LogP contribution in [0.4, 0.5) is 40.3 Å². The Hall–Kier alpha value is -5.09. The van der Waals surface area contributed by atoms with Crippen LogP contribution >= 0.6 is 24.2 Å². The molecule has 0 aliphatic carbocycles. The van der Waals surface area contributed by atoms with Gasteiger partial charge < -0.3 is 20.3 Å². The van der Waals surface area contributed by atoms with E-state index in [0.29, 0.717) is 79.1 Å². The molecule has 3 aliphatic heterocycles. The third-order valence-corrected chi connectivity index (χ3v) is 11.1. The van der Waals surface area contributed by atoms with E-state index in [1.54, 1.807) is 61.2 Å². The summed E-state index contributed by atoms with van der Waals surface area (Å²) in [4.78, 5) is 57.3. The second-order valence-corrected chi connectivity index (χ2v) is 15.8. The molecule has 3 aliphatic rings. The number of nitriles is 1. The fourth-order valence-corrected chi connectivity index (χ4v) is 8.31. The van der Waals surface area contributed by atoms with Crippen molar-refractivity contribution in [2.24, 2.45) is 0 Å². The Morgan fingerprint density at radius 2 is 1.71 bits per heavy atom. The highest BCUT2D eigenvalue weighted by atomic mass is 35.5. The van der Waals surface area contributed by atoms with E-state index in [9.17, 15) is 42.0 Å². The average molecular weight is 859 g/mol. The number of rotatable bonds is 13. The van der Waals surface area contributed by atoms with Gasteiger partial charge in [-0.25, -0.2) is 0 Å². The first-order chi connectivity index (χ1) is 28.0. The van der Waals surface area contributed by atoms with Crippen LogP contribution in [-0.4, -0.2) is 103 Å². The number of benzene rings is 3. The Morgan fingerprint density at radius 1 is 1.02 bits per heavy atom. The number of piperazine rings is 1. The fourth-order valence-electron chi connectivity index (χ4n) is 7.42. The molecule has 314 valence electrons. The van der Waals surface area contributed by atoms with E-state index in [2.05, 4.69) is 33.5 Å². The Morgan fingerprint density at radius 3 is 2.39 bits per heavy atom. The number of carbonyl (C=O) groups excluding carboxylic acids is 4. The highest BCUT2D eigenvalue weighted by molar-refractivity contribution is 7.81. The van der Waals surface area contributed by atoms with Crippen LogP contribution in [0.3, 0.4) is 0 Å². The highest BCUT2D eigenvalue weighted by Gasteiger charge is 2.52. The Balaban J connectivity index is 1.01. The summed E-state index contributed by atoms with van der Waals surface area (Å²) in [7, 11) is 0. The molecule has 0 saturated carbocycles. The van der Waals surface area contributed by atoms with Crippen LogP contribution in [0.2, 0.25) is 5.02 Å². The van der Waals surface area contributed by atoms with Crippen molar-refractivity contribution >= 4 is 70.6 Å². The number of alkyl halides is 4. The number of thiol groups is 1. The quantitative estimate of drug-likeness (QED) is 0.0995. The van der Waals surface area contributed by atoms with Crippen molar-refractivity contribution in [3.8, 4) is 11.8 Å². The molecule has 3 N–H and O–H groups in total. The van der Waals surface area contributed by atoms with Crippen molar-refractivity contribution in [3.63, 3.8) is 0 Å². The Labute approximate surface area is 349 Å². The number of hydrogen-bond donors (Lipinski definition) is 4. The standard InChI is InChI=1S/C40H43ClF4N8O5S/c1-39(2)37(57)52(29-4-3-25(22-46)31(21-29)40(43,44)45)38(59)53(39)30-5-7-33(24(17-30)9-10-42)58-16-15-50-11-13-51(14-12-50)23-35(55)48-28-19-26(41)18-27(20-28)47-32-6-8-34(54)49-36(32)56/h3-5,7,17-21,32,38,47,59H,6,8-16,23H2,1-2H3,(H,48,55)(H,49,54,56). The van der Waals surface area contributed by atoms with Gasteiger partial charge in [0.1, 0.15) is 23.9 Å². The number of imide groups is 1. The molecule has 0 radical (unpaired) electrons. The van der Waals surface area contributed by atoms with Crippen molar-refractivity contribution in [1.82, 2.24) is 15.1 Å². The molecule has 3 aromatic carbocycles. The zero-order valence-corrected chi connectivity index (χ0v) is 33.9. The molecule has 6 rings (SSSR count). The zero-order valence-electron chi connectivity index (χ0n) is 32.2. The minimum absolute atomic E-state index is 0.0183. The van der Waals surface area contributed by atoms with Crippen molar-refractivity contribution in [2.45, 2.75) is 56.4 Å². The summed E-state index contributed by atoms with van der Waals surface area (Å²) in [5.74, 6) is -1.03. The lowest BCUT2D eigenvalue weighted by Gasteiger charge is -2.34. The summed E-state index contributed by atoms with van der Waals surface area (Å²) in [6, 6.07) is 14.0. The van der Waals surface area contributed by atoms with Gasteiger partial charge in [0.05, 0.1) is 30.4 Å². The van der Waals surface area contributed by atoms with Crippen LogP contribution < -0.4 is 30.5 Å². The Bertz CT molecular complexity index is 2150. The van der Waals surface area contributed by atoms with Crippen LogP contribution in [-0.2, 0) is 31.8 Å². The van der Waals surface area contributed by atoms with Gasteiger partial charge in [0.2, 0.25) is 17.7 Å². The second-order valence-electron chi connectivity index (χ2n) is 14.9. The summed E-state index contributed by atoms with van der Waals surface area (Å²) in [6.07, 6.45) is -4.24.